The molecule has 2 fully saturated rings. The first-order valence-electron chi connectivity index (χ1n) is 6.81. The zero-order valence-electron chi connectivity index (χ0n) is 11.3. The van der Waals surface area contributed by atoms with E-state index in [2.05, 4.69) is 18.9 Å². The molecule has 0 bridgehead atoms. The van der Waals surface area contributed by atoms with Crippen molar-refractivity contribution < 1.29 is 4.79 Å². The molecule has 0 aromatic heterocycles. The normalized spacial score (nSPS) is 27.7. The van der Waals surface area contributed by atoms with Gasteiger partial charge in [-0.05, 0) is 26.3 Å². The summed E-state index contributed by atoms with van der Waals surface area (Å²) in [5.74, 6) is 0.174. The van der Waals surface area contributed by atoms with Gasteiger partial charge >= 0.3 is 0 Å². The molecule has 102 valence electrons. The Balaban J connectivity index is 2.07. The maximum Gasteiger partial charge on any atom is 0.235 e. The molecular weight excluding hydrogens is 246 g/mol. The zero-order valence-corrected chi connectivity index (χ0v) is 12.1. The Labute approximate surface area is 114 Å². The van der Waals surface area contributed by atoms with E-state index in [0.717, 1.165) is 45.3 Å². The summed E-state index contributed by atoms with van der Waals surface area (Å²) in [6.07, 6.45) is 3.81. The van der Waals surface area contributed by atoms with Crippen molar-refractivity contribution in [2.24, 2.45) is 11.1 Å². The van der Waals surface area contributed by atoms with Crippen LogP contribution < -0.4 is 5.73 Å². The minimum Gasteiger partial charge on any atom is -0.392 e. The fourth-order valence-corrected chi connectivity index (χ4v) is 3.26. The largest absolute Gasteiger partial charge is 0.392 e. The minimum atomic E-state index is -0.510. The number of carbonyl (C=O) groups is 1. The number of hydrogen-bond donors (Lipinski definition) is 1. The minimum absolute atomic E-state index is 0.174. The molecule has 1 aliphatic carbocycles. The maximum atomic E-state index is 12.7. The van der Waals surface area contributed by atoms with Crippen LogP contribution >= 0.6 is 12.2 Å². The van der Waals surface area contributed by atoms with E-state index in [1.165, 1.54) is 0 Å². The number of carbonyl (C=O) groups excluding carboxylic acids is 1. The monoisotopic (exact) mass is 269 g/mol. The first-order valence-corrected chi connectivity index (χ1v) is 7.21. The Kier molecular flexibility index (Phi) is 3.92. The van der Waals surface area contributed by atoms with Crippen LogP contribution in [0, 0.1) is 5.41 Å². The van der Waals surface area contributed by atoms with Crippen molar-refractivity contribution in [3.63, 3.8) is 0 Å². The van der Waals surface area contributed by atoms with Crippen molar-refractivity contribution in [2.45, 2.75) is 38.6 Å². The summed E-state index contributed by atoms with van der Waals surface area (Å²) in [6, 6.07) is 0.464. The van der Waals surface area contributed by atoms with Gasteiger partial charge in [-0.2, -0.15) is 0 Å². The maximum absolute atomic E-state index is 12.7. The molecule has 1 aliphatic heterocycles. The molecule has 2 aliphatic rings. The van der Waals surface area contributed by atoms with Gasteiger partial charge in [0.25, 0.3) is 0 Å². The van der Waals surface area contributed by atoms with Gasteiger partial charge in [-0.15, -0.1) is 0 Å². The molecule has 1 unspecified atom stereocenters. The van der Waals surface area contributed by atoms with Crippen LogP contribution in [-0.4, -0.2) is 53.4 Å². The van der Waals surface area contributed by atoms with Crippen LogP contribution in [0.25, 0.3) is 0 Å². The molecule has 5 heteroatoms. The van der Waals surface area contributed by atoms with E-state index in [1.54, 1.807) is 0 Å². The average molecular weight is 269 g/mol. The van der Waals surface area contributed by atoms with Gasteiger partial charge in [0.1, 0.15) is 0 Å². The third-order valence-corrected chi connectivity index (χ3v) is 5.01. The van der Waals surface area contributed by atoms with E-state index in [9.17, 15) is 4.79 Å². The van der Waals surface area contributed by atoms with E-state index >= 15 is 0 Å². The van der Waals surface area contributed by atoms with Crippen LogP contribution in [0.15, 0.2) is 0 Å². The van der Waals surface area contributed by atoms with Crippen LogP contribution in [-0.2, 0) is 4.79 Å². The second kappa shape index (κ2) is 5.13. The number of hydrogen-bond acceptors (Lipinski definition) is 3. The van der Waals surface area contributed by atoms with Gasteiger partial charge in [-0.3, -0.25) is 9.69 Å². The van der Waals surface area contributed by atoms with E-state index in [0.29, 0.717) is 11.0 Å². The molecule has 0 aromatic carbocycles. The first kappa shape index (κ1) is 13.7. The number of amides is 1. The van der Waals surface area contributed by atoms with E-state index in [-0.39, 0.29) is 5.91 Å². The van der Waals surface area contributed by atoms with Crippen LogP contribution in [0.2, 0.25) is 0 Å². The van der Waals surface area contributed by atoms with Gasteiger partial charge in [0.05, 0.1) is 10.4 Å². The number of likely N-dealkylation sites (N-methyl/N-ethyl adjacent to an activating group) is 1. The highest BCUT2D eigenvalue weighted by atomic mass is 32.1. The van der Waals surface area contributed by atoms with Crippen molar-refractivity contribution in [1.29, 1.82) is 0 Å². The molecule has 0 radical (unpaired) electrons. The summed E-state index contributed by atoms with van der Waals surface area (Å²) in [6.45, 7) is 4.73. The van der Waals surface area contributed by atoms with Crippen LogP contribution in [0.5, 0.6) is 0 Å². The predicted molar refractivity (Wildman–Crippen MR) is 76.4 cm³/mol. The SMILES string of the molecule is CCC1CN(C(=O)C2(C(N)=S)CCC2)CCN1C. The van der Waals surface area contributed by atoms with Crippen LogP contribution in [0.1, 0.15) is 32.6 Å². The number of thiocarbonyl (C=S) groups is 1. The number of nitrogens with zero attached hydrogens (tertiary/aromatic N) is 2. The van der Waals surface area contributed by atoms with Crippen molar-refractivity contribution in [3.8, 4) is 0 Å². The second-order valence-electron chi connectivity index (χ2n) is 5.59. The summed E-state index contributed by atoms with van der Waals surface area (Å²) in [5.41, 5.74) is 5.30. The molecular formula is C13H23N3OS. The van der Waals surface area contributed by atoms with Crippen LogP contribution in [0.4, 0.5) is 0 Å². The second-order valence-corrected chi connectivity index (χ2v) is 6.03. The Bertz CT molecular complexity index is 354. The van der Waals surface area contributed by atoms with Crippen molar-refractivity contribution in [2.75, 3.05) is 26.7 Å². The summed E-state index contributed by atoms with van der Waals surface area (Å²) in [5, 5.41) is 0. The summed E-state index contributed by atoms with van der Waals surface area (Å²) in [4.78, 5) is 17.4. The molecule has 0 aromatic rings. The van der Waals surface area contributed by atoms with Gasteiger partial charge in [0.2, 0.25) is 5.91 Å². The third kappa shape index (κ3) is 2.14. The van der Waals surface area contributed by atoms with Crippen molar-refractivity contribution >= 4 is 23.1 Å². The highest BCUT2D eigenvalue weighted by molar-refractivity contribution is 7.80. The molecule has 1 saturated heterocycles. The Morgan fingerprint density at radius 2 is 2.11 bits per heavy atom. The van der Waals surface area contributed by atoms with E-state index < -0.39 is 5.41 Å². The number of nitrogens with two attached hydrogens (primary N) is 1. The van der Waals surface area contributed by atoms with E-state index in [4.69, 9.17) is 18.0 Å². The predicted octanol–water partition coefficient (Wildman–Crippen LogP) is 0.995. The standard InChI is InChI=1S/C13H23N3OS/c1-3-10-9-16(8-7-15(10)2)12(17)13(11(14)18)5-4-6-13/h10H,3-9H2,1-2H3,(H2,14,18). The lowest BCUT2D eigenvalue weighted by molar-refractivity contribution is -0.144. The average Bonchev–Trinajstić information content (AvgIpc) is 2.27. The lowest BCUT2D eigenvalue weighted by Gasteiger charge is -2.46. The summed E-state index contributed by atoms with van der Waals surface area (Å²) >= 11 is 5.13. The summed E-state index contributed by atoms with van der Waals surface area (Å²) in [7, 11) is 2.13. The lowest BCUT2D eigenvalue weighted by atomic mass is 9.67. The van der Waals surface area contributed by atoms with Gasteiger partial charge < -0.3 is 10.6 Å². The molecule has 1 heterocycles. The molecule has 2 rings (SSSR count). The zero-order chi connectivity index (χ0) is 13.3. The van der Waals surface area contributed by atoms with Crippen molar-refractivity contribution in [1.82, 2.24) is 9.80 Å². The molecule has 1 saturated carbocycles. The Hall–Kier alpha value is -0.680. The fourth-order valence-electron chi connectivity index (χ4n) is 2.97. The number of piperazine rings is 1. The molecule has 1 amide bonds. The van der Waals surface area contributed by atoms with Gasteiger partial charge in [-0.1, -0.05) is 25.6 Å². The van der Waals surface area contributed by atoms with Crippen LogP contribution in [0.3, 0.4) is 0 Å². The van der Waals surface area contributed by atoms with Crippen molar-refractivity contribution in [3.05, 3.63) is 0 Å². The summed E-state index contributed by atoms with van der Waals surface area (Å²) < 4.78 is 0. The van der Waals surface area contributed by atoms with E-state index in [1.807, 2.05) is 4.90 Å². The molecule has 1 atom stereocenters. The lowest BCUT2D eigenvalue weighted by Crippen LogP contribution is -2.60. The van der Waals surface area contributed by atoms with Gasteiger partial charge in [0.15, 0.2) is 0 Å². The molecule has 2 N–H and O–H groups in total. The highest BCUT2D eigenvalue weighted by Crippen LogP contribution is 2.43. The Morgan fingerprint density at radius 1 is 1.44 bits per heavy atom. The quantitative estimate of drug-likeness (QED) is 0.777. The molecule has 4 nitrogen and oxygen atoms in total. The third-order valence-electron chi connectivity index (χ3n) is 4.62. The molecule has 0 spiro atoms. The highest BCUT2D eigenvalue weighted by Gasteiger charge is 2.49. The Morgan fingerprint density at radius 3 is 2.56 bits per heavy atom. The number of rotatable bonds is 3. The smallest absolute Gasteiger partial charge is 0.235 e. The fraction of sp³-hybridized carbons (Fsp3) is 0.846. The van der Waals surface area contributed by atoms with Gasteiger partial charge in [-0.25, -0.2) is 0 Å². The van der Waals surface area contributed by atoms with Gasteiger partial charge in [0, 0.05) is 25.7 Å². The first-order chi connectivity index (χ1) is 8.51. The topological polar surface area (TPSA) is 49.6 Å². The molecule has 18 heavy (non-hydrogen) atoms.